The van der Waals surface area contributed by atoms with E-state index < -0.39 is 0 Å². The summed E-state index contributed by atoms with van der Waals surface area (Å²) in [5, 5.41) is 4.51. The average molecular weight is 578 g/mol. The number of benzene rings is 7. The molecule has 0 aliphatic heterocycles. The normalized spacial score (nSPS) is 13.3. The van der Waals surface area contributed by atoms with Crippen LogP contribution in [0.25, 0.3) is 55.0 Å². The Morgan fingerprint density at radius 3 is 2.02 bits per heavy atom. The number of hydrogen-bond acceptors (Lipinski definition) is 2. The minimum absolute atomic E-state index is 0.105. The minimum atomic E-state index is -0.105. The maximum absolute atomic E-state index is 6.52. The Morgan fingerprint density at radius 2 is 1.16 bits per heavy atom. The minimum Gasteiger partial charge on any atom is -0.455 e. The van der Waals surface area contributed by atoms with Crippen molar-refractivity contribution in [2.45, 2.75) is 19.3 Å². The summed E-state index contributed by atoms with van der Waals surface area (Å²) >= 11 is 0. The van der Waals surface area contributed by atoms with Gasteiger partial charge < -0.3 is 9.32 Å². The summed E-state index contributed by atoms with van der Waals surface area (Å²) in [4.78, 5) is 2.48. The van der Waals surface area contributed by atoms with Crippen molar-refractivity contribution in [1.29, 1.82) is 0 Å². The van der Waals surface area contributed by atoms with E-state index in [4.69, 9.17) is 4.42 Å². The maximum atomic E-state index is 6.52. The first-order valence-corrected chi connectivity index (χ1v) is 15.6. The van der Waals surface area contributed by atoms with Crippen molar-refractivity contribution in [3.63, 3.8) is 0 Å². The summed E-state index contributed by atoms with van der Waals surface area (Å²) in [6.07, 6.45) is 0. The van der Waals surface area contributed by atoms with Crippen LogP contribution in [0.15, 0.2) is 156 Å². The highest BCUT2D eigenvalue weighted by atomic mass is 16.3. The zero-order valence-corrected chi connectivity index (χ0v) is 25.3. The molecular weight excluding hydrogens is 546 g/mol. The van der Waals surface area contributed by atoms with Crippen LogP contribution in [0.3, 0.4) is 0 Å². The van der Waals surface area contributed by atoms with Crippen LogP contribution in [0.5, 0.6) is 0 Å². The van der Waals surface area contributed by atoms with E-state index in [1.165, 1.54) is 39.1 Å². The van der Waals surface area contributed by atoms with Crippen molar-refractivity contribution in [2.75, 3.05) is 4.90 Å². The third kappa shape index (κ3) is 3.82. The van der Waals surface area contributed by atoms with Gasteiger partial charge in [0.2, 0.25) is 0 Å². The number of para-hydroxylation sites is 1. The molecule has 1 heterocycles. The van der Waals surface area contributed by atoms with Crippen molar-refractivity contribution in [3.8, 4) is 22.3 Å². The van der Waals surface area contributed by atoms with Gasteiger partial charge in [0.05, 0.1) is 11.4 Å². The lowest BCUT2D eigenvalue weighted by Crippen LogP contribution is -2.16. The van der Waals surface area contributed by atoms with E-state index in [1.54, 1.807) is 0 Å². The van der Waals surface area contributed by atoms with Gasteiger partial charge in [0.1, 0.15) is 11.2 Å². The van der Waals surface area contributed by atoms with Crippen molar-refractivity contribution >= 4 is 49.8 Å². The van der Waals surface area contributed by atoms with Crippen LogP contribution >= 0.6 is 0 Å². The Hall–Kier alpha value is -5.60. The molecule has 0 spiro atoms. The summed E-state index contributed by atoms with van der Waals surface area (Å²) < 4.78 is 6.52. The Kier molecular flexibility index (Phi) is 5.58. The lowest BCUT2D eigenvalue weighted by molar-refractivity contribution is 0.660. The number of nitrogens with zero attached hydrogens (tertiary/aromatic N) is 1. The highest BCUT2D eigenvalue weighted by Crippen LogP contribution is 2.55. The molecule has 9 rings (SSSR count). The summed E-state index contributed by atoms with van der Waals surface area (Å²) in [5.41, 5.74) is 12.9. The van der Waals surface area contributed by atoms with Crippen LogP contribution in [0.1, 0.15) is 25.0 Å². The molecule has 2 nitrogen and oxygen atoms in total. The van der Waals surface area contributed by atoms with E-state index in [0.29, 0.717) is 0 Å². The molecule has 0 bridgehead atoms. The molecule has 0 saturated carbocycles. The smallest absolute Gasteiger partial charge is 0.143 e. The van der Waals surface area contributed by atoms with E-state index >= 15 is 0 Å². The van der Waals surface area contributed by atoms with E-state index in [9.17, 15) is 0 Å². The second-order valence-electron chi connectivity index (χ2n) is 12.5. The second kappa shape index (κ2) is 9.70. The van der Waals surface area contributed by atoms with Gasteiger partial charge in [0.15, 0.2) is 0 Å². The van der Waals surface area contributed by atoms with Crippen molar-refractivity contribution < 1.29 is 4.42 Å². The van der Waals surface area contributed by atoms with Crippen LogP contribution in [0.2, 0.25) is 0 Å². The molecule has 1 aliphatic carbocycles. The lowest BCUT2D eigenvalue weighted by atomic mass is 9.82. The van der Waals surface area contributed by atoms with Crippen molar-refractivity contribution in [3.05, 3.63) is 163 Å². The summed E-state index contributed by atoms with van der Waals surface area (Å²) in [6.45, 7) is 4.70. The molecule has 0 fully saturated rings. The Morgan fingerprint density at radius 1 is 0.489 bits per heavy atom. The first-order valence-electron chi connectivity index (χ1n) is 15.6. The fraction of sp³-hybridized carbons (Fsp3) is 0.0698. The SMILES string of the molecule is CC1(C)c2ccccc2-c2c(N(c3cccc(-c4ccccc4)c3)c3cc4c5ccccc5oc4c4ccccc34)cccc21. The molecule has 0 saturated heterocycles. The number of rotatable bonds is 4. The van der Waals surface area contributed by atoms with Crippen molar-refractivity contribution in [1.82, 2.24) is 0 Å². The van der Waals surface area contributed by atoms with Gasteiger partial charge in [-0.25, -0.2) is 0 Å². The largest absolute Gasteiger partial charge is 0.455 e. The van der Waals surface area contributed by atoms with E-state index in [-0.39, 0.29) is 5.41 Å². The van der Waals surface area contributed by atoms with Gasteiger partial charge in [-0.3, -0.25) is 0 Å². The van der Waals surface area contributed by atoms with Crippen molar-refractivity contribution in [2.24, 2.45) is 0 Å². The predicted octanol–water partition coefficient (Wildman–Crippen LogP) is 12.2. The van der Waals surface area contributed by atoms with Gasteiger partial charge in [-0.1, -0.05) is 135 Å². The number of hydrogen-bond donors (Lipinski definition) is 0. The summed E-state index contributed by atoms with van der Waals surface area (Å²) in [7, 11) is 0. The molecular formula is C43H31NO. The van der Waals surface area contributed by atoms with Gasteiger partial charge in [0, 0.05) is 38.2 Å². The molecule has 2 heteroatoms. The maximum Gasteiger partial charge on any atom is 0.143 e. The summed E-state index contributed by atoms with van der Waals surface area (Å²) in [6, 6.07) is 54.7. The number of furan rings is 1. The van der Waals surface area contributed by atoms with Crippen LogP contribution in [0, 0.1) is 0 Å². The predicted molar refractivity (Wildman–Crippen MR) is 189 cm³/mol. The van der Waals surface area contributed by atoms with E-state index in [0.717, 1.165) is 44.1 Å². The van der Waals surface area contributed by atoms with Crippen LogP contribution < -0.4 is 4.90 Å². The molecule has 1 aromatic heterocycles. The highest BCUT2D eigenvalue weighted by Gasteiger charge is 2.38. The second-order valence-corrected chi connectivity index (χ2v) is 12.5. The Bertz CT molecular complexity index is 2410. The van der Waals surface area contributed by atoms with Crippen LogP contribution in [-0.2, 0) is 5.41 Å². The molecule has 0 radical (unpaired) electrons. The zero-order valence-electron chi connectivity index (χ0n) is 25.3. The number of anilines is 3. The molecule has 0 atom stereocenters. The highest BCUT2D eigenvalue weighted by molar-refractivity contribution is 6.20. The van der Waals surface area contributed by atoms with Crippen LogP contribution in [-0.4, -0.2) is 0 Å². The quantitative estimate of drug-likeness (QED) is 0.207. The van der Waals surface area contributed by atoms with Crippen LogP contribution in [0.4, 0.5) is 17.1 Å². The Labute approximate surface area is 262 Å². The van der Waals surface area contributed by atoms with Gasteiger partial charge >= 0.3 is 0 Å². The molecule has 0 N–H and O–H groups in total. The lowest BCUT2D eigenvalue weighted by Gasteiger charge is -2.30. The Balaban J connectivity index is 1.41. The van der Waals surface area contributed by atoms with E-state index in [2.05, 4.69) is 164 Å². The van der Waals surface area contributed by atoms with E-state index in [1.807, 2.05) is 6.07 Å². The molecule has 214 valence electrons. The molecule has 0 unspecified atom stereocenters. The molecule has 1 aliphatic rings. The fourth-order valence-corrected chi connectivity index (χ4v) is 7.50. The molecule has 7 aromatic carbocycles. The molecule has 8 aromatic rings. The fourth-order valence-electron chi connectivity index (χ4n) is 7.50. The van der Waals surface area contributed by atoms with Gasteiger partial charge in [-0.05, 0) is 58.1 Å². The third-order valence-corrected chi connectivity index (χ3v) is 9.64. The van der Waals surface area contributed by atoms with Gasteiger partial charge in [0.25, 0.3) is 0 Å². The monoisotopic (exact) mass is 577 g/mol. The van der Waals surface area contributed by atoms with Gasteiger partial charge in [-0.15, -0.1) is 0 Å². The first kappa shape index (κ1) is 25.9. The average Bonchev–Trinajstić information content (AvgIpc) is 3.58. The van der Waals surface area contributed by atoms with Gasteiger partial charge in [-0.2, -0.15) is 0 Å². The third-order valence-electron chi connectivity index (χ3n) is 9.64. The zero-order chi connectivity index (χ0) is 30.1. The topological polar surface area (TPSA) is 16.4 Å². The molecule has 45 heavy (non-hydrogen) atoms. The summed E-state index contributed by atoms with van der Waals surface area (Å²) in [5.74, 6) is 0. The number of fused-ring (bicyclic) bond motifs is 8. The standard InChI is InChI=1S/C43H31NO/c1-43(2)36-22-10-8-21-34(36)41-37(43)23-13-24-38(41)44(30-17-12-16-29(26-30)28-14-4-3-5-15-28)39-27-35-32-19-9-11-25-40(32)45-42(35)33-20-7-6-18-31(33)39/h3-27H,1-2H3. The first-order chi connectivity index (χ1) is 22.1. The molecule has 0 amide bonds.